The van der Waals surface area contributed by atoms with Gasteiger partial charge in [-0.15, -0.1) is 11.8 Å². The van der Waals surface area contributed by atoms with Gasteiger partial charge in [-0.05, 0) is 12.1 Å². The van der Waals surface area contributed by atoms with Crippen molar-refractivity contribution in [1.29, 1.82) is 5.26 Å². The van der Waals surface area contributed by atoms with Crippen LogP contribution in [0.2, 0.25) is 0 Å². The highest BCUT2D eigenvalue weighted by molar-refractivity contribution is 7.99. The first kappa shape index (κ1) is 12.6. The maximum Gasteiger partial charge on any atom is 0.252 e. The highest BCUT2D eigenvalue weighted by atomic mass is 32.2. The Morgan fingerprint density at radius 3 is 2.94 bits per heavy atom. The van der Waals surface area contributed by atoms with E-state index in [-0.39, 0.29) is 19.1 Å². The number of nitriles is 1. The lowest BCUT2D eigenvalue weighted by Crippen LogP contribution is -2.26. The summed E-state index contributed by atoms with van der Waals surface area (Å²) in [5.74, 6) is 0.0830. The summed E-state index contributed by atoms with van der Waals surface area (Å²) in [4.78, 5) is 12.4. The maximum absolute atomic E-state index is 11.7. The summed E-state index contributed by atoms with van der Waals surface area (Å²) in [5, 5.41) is 19.7. The Morgan fingerprint density at radius 1 is 1.50 bits per heavy atom. The Morgan fingerprint density at radius 2 is 2.25 bits per heavy atom. The lowest BCUT2D eigenvalue weighted by atomic mass is 10.2. The van der Waals surface area contributed by atoms with Crippen molar-refractivity contribution >= 4 is 17.7 Å². The average Bonchev–Trinajstić information content (AvgIpc) is 2.33. The fourth-order valence-electron chi connectivity index (χ4n) is 1.15. The molecular formula is C11H12N2O2S. The highest BCUT2D eigenvalue weighted by Crippen LogP contribution is 2.21. The van der Waals surface area contributed by atoms with Gasteiger partial charge >= 0.3 is 0 Å². The van der Waals surface area contributed by atoms with Crippen LogP contribution in [0.3, 0.4) is 0 Å². The van der Waals surface area contributed by atoms with Crippen LogP contribution in [0.15, 0.2) is 29.2 Å². The zero-order chi connectivity index (χ0) is 11.8. The molecule has 1 aromatic carbocycles. The van der Waals surface area contributed by atoms with Crippen molar-refractivity contribution in [2.24, 2.45) is 0 Å². The van der Waals surface area contributed by atoms with Crippen LogP contribution in [0.1, 0.15) is 10.4 Å². The summed E-state index contributed by atoms with van der Waals surface area (Å²) in [5.41, 5.74) is 0.538. The second-order valence-corrected chi connectivity index (χ2v) is 3.94. The van der Waals surface area contributed by atoms with Gasteiger partial charge in [-0.1, -0.05) is 12.1 Å². The number of amides is 1. The van der Waals surface area contributed by atoms with Gasteiger partial charge in [0.25, 0.3) is 5.91 Å². The summed E-state index contributed by atoms with van der Waals surface area (Å²) in [6, 6.07) is 9.11. The predicted octanol–water partition coefficient (Wildman–Crippen LogP) is 1.02. The van der Waals surface area contributed by atoms with Gasteiger partial charge in [-0.25, -0.2) is 0 Å². The molecule has 0 spiro atoms. The molecule has 1 rings (SSSR count). The van der Waals surface area contributed by atoms with E-state index < -0.39 is 0 Å². The minimum Gasteiger partial charge on any atom is -0.395 e. The number of hydrogen-bond acceptors (Lipinski definition) is 4. The Bertz CT molecular complexity index is 401. The van der Waals surface area contributed by atoms with Gasteiger partial charge in [0.05, 0.1) is 24.0 Å². The van der Waals surface area contributed by atoms with Crippen LogP contribution < -0.4 is 5.32 Å². The standard InChI is InChI=1S/C11H12N2O2S/c12-5-8-16-10-4-2-1-3-9(10)11(15)13-6-7-14/h1-4,14H,6-8H2,(H,13,15). The summed E-state index contributed by atoms with van der Waals surface area (Å²) >= 11 is 1.32. The SMILES string of the molecule is N#CCSc1ccccc1C(=O)NCCO. The molecule has 0 aliphatic heterocycles. The average molecular weight is 236 g/mol. The number of carbonyl (C=O) groups excluding carboxylic acids is 1. The van der Waals surface area contributed by atoms with E-state index in [9.17, 15) is 4.79 Å². The number of carbonyl (C=O) groups is 1. The third kappa shape index (κ3) is 3.57. The van der Waals surface area contributed by atoms with Crippen molar-refractivity contribution < 1.29 is 9.90 Å². The third-order valence-corrected chi connectivity index (χ3v) is 2.76. The minimum atomic E-state index is -0.227. The summed E-state index contributed by atoms with van der Waals surface area (Å²) < 4.78 is 0. The van der Waals surface area contributed by atoms with E-state index in [1.54, 1.807) is 18.2 Å². The number of aliphatic hydroxyl groups excluding tert-OH is 1. The van der Waals surface area contributed by atoms with E-state index in [0.29, 0.717) is 11.3 Å². The zero-order valence-electron chi connectivity index (χ0n) is 8.64. The van der Waals surface area contributed by atoms with Crippen molar-refractivity contribution in [3.05, 3.63) is 29.8 Å². The van der Waals surface area contributed by atoms with Crippen LogP contribution in [0.5, 0.6) is 0 Å². The highest BCUT2D eigenvalue weighted by Gasteiger charge is 2.09. The van der Waals surface area contributed by atoms with Crippen molar-refractivity contribution in [1.82, 2.24) is 5.32 Å². The molecule has 0 unspecified atom stereocenters. The molecule has 0 radical (unpaired) electrons. The van der Waals surface area contributed by atoms with Crippen LogP contribution in [-0.4, -0.2) is 29.9 Å². The van der Waals surface area contributed by atoms with Crippen LogP contribution >= 0.6 is 11.8 Å². The Kier molecular flexibility index (Phi) is 5.40. The van der Waals surface area contributed by atoms with E-state index in [2.05, 4.69) is 5.32 Å². The van der Waals surface area contributed by atoms with E-state index in [1.165, 1.54) is 11.8 Å². The Labute approximate surface area is 98.3 Å². The largest absolute Gasteiger partial charge is 0.395 e. The predicted molar refractivity (Wildman–Crippen MR) is 62.2 cm³/mol. The van der Waals surface area contributed by atoms with Gasteiger partial charge in [0.2, 0.25) is 0 Å². The molecule has 16 heavy (non-hydrogen) atoms. The molecule has 0 bridgehead atoms. The number of rotatable bonds is 5. The first-order valence-electron chi connectivity index (χ1n) is 4.77. The molecule has 0 saturated carbocycles. The molecule has 0 aromatic heterocycles. The van der Waals surface area contributed by atoms with Gasteiger partial charge in [0, 0.05) is 11.4 Å². The van der Waals surface area contributed by atoms with E-state index in [4.69, 9.17) is 10.4 Å². The molecule has 0 aliphatic carbocycles. The summed E-state index contributed by atoms with van der Waals surface area (Å²) in [6.07, 6.45) is 0. The van der Waals surface area contributed by atoms with Crippen molar-refractivity contribution in [3.63, 3.8) is 0 Å². The van der Waals surface area contributed by atoms with E-state index >= 15 is 0 Å². The molecular weight excluding hydrogens is 224 g/mol. The van der Waals surface area contributed by atoms with Crippen molar-refractivity contribution in [2.45, 2.75) is 4.90 Å². The second kappa shape index (κ2) is 6.88. The van der Waals surface area contributed by atoms with Gasteiger partial charge in [-0.2, -0.15) is 5.26 Å². The topological polar surface area (TPSA) is 73.1 Å². The van der Waals surface area contributed by atoms with Gasteiger partial charge < -0.3 is 10.4 Å². The molecule has 2 N–H and O–H groups in total. The fourth-order valence-corrected chi connectivity index (χ4v) is 1.87. The minimum absolute atomic E-state index is 0.0841. The van der Waals surface area contributed by atoms with Crippen LogP contribution in [0.4, 0.5) is 0 Å². The molecule has 1 amide bonds. The molecule has 0 aliphatic rings. The lowest BCUT2D eigenvalue weighted by molar-refractivity contribution is 0.0942. The molecule has 0 atom stereocenters. The van der Waals surface area contributed by atoms with E-state index in [0.717, 1.165) is 4.90 Å². The van der Waals surface area contributed by atoms with Gasteiger partial charge in [-0.3, -0.25) is 4.79 Å². The third-order valence-electron chi connectivity index (χ3n) is 1.82. The quantitative estimate of drug-likeness (QED) is 0.749. The summed E-state index contributed by atoms with van der Waals surface area (Å²) in [7, 11) is 0. The Hall–Kier alpha value is -1.51. The van der Waals surface area contributed by atoms with Crippen molar-refractivity contribution in [3.8, 4) is 6.07 Å². The molecule has 1 aromatic rings. The molecule has 0 saturated heterocycles. The number of hydrogen-bond donors (Lipinski definition) is 2. The van der Waals surface area contributed by atoms with Gasteiger partial charge in [0.15, 0.2) is 0 Å². The number of aliphatic hydroxyl groups is 1. The van der Waals surface area contributed by atoms with Crippen molar-refractivity contribution in [2.75, 3.05) is 18.9 Å². The molecule has 0 heterocycles. The normalized spacial score (nSPS) is 9.50. The number of thioether (sulfide) groups is 1. The number of nitrogens with one attached hydrogen (secondary N) is 1. The maximum atomic E-state index is 11.7. The molecule has 5 heteroatoms. The smallest absolute Gasteiger partial charge is 0.252 e. The Balaban J connectivity index is 2.77. The van der Waals surface area contributed by atoms with Crippen LogP contribution in [-0.2, 0) is 0 Å². The monoisotopic (exact) mass is 236 g/mol. The number of benzene rings is 1. The first-order chi connectivity index (χ1) is 7.79. The van der Waals surface area contributed by atoms with Crippen LogP contribution in [0, 0.1) is 11.3 Å². The van der Waals surface area contributed by atoms with Crippen LogP contribution in [0.25, 0.3) is 0 Å². The summed E-state index contributed by atoms with van der Waals surface area (Å²) in [6.45, 7) is 0.148. The zero-order valence-corrected chi connectivity index (χ0v) is 9.46. The molecule has 84 valence electrons. The number of nitrogens with zero attached hydrogens (tertiary/aromatic N) is 1. The van der Waals surface area contributed by atoms with Gasteiger partial charge in [0.1, 0.15) is 0 Å². The van der Waals surface area contributed by atoms with E-state index in [1.807, 2.05) is 12.1 Å². The second-order valence-electron chi connectivity index (χ2n) is 2.92. The lowest BCUT2D eigenvalue weighted by Gasteiger charge is -2.07. The first-order valence-corrected chi connectivity index (χ1v) is 5.76. The molecule has 0 fully saturated rings. The molecule has 4 nitrogen and oxygen atoms in total. The fraction of sp³-hybridized carbons (Fsp3) is 0.273.